The molecule has 2 aromatic rings. The molecule has 3 aliphatic rings. The summed E-state index contributed by atoms with van der Waals surface area (Å²) >= 11 is 0. The van der Waals surface area contributed by atoms with Gasteiger partial charge in [0.2, 0.25) is 0 Å². The van der Waals surface area contributed by atoms with E-state index in [4.69, 9.17) is 9.72 Å². The summed E-state index contributed by atoms with van der Waals surface area (Å²) in [6.07, 6.45) is 5.18. The average molecular weight is 462 g/mol. The van der Waals surface area contributed by atoms with Crippen molar-refractivity contribution in [1.82, 2.24) is 19.9 Å². The van der Waals surface area contributed by atoms with Gasteiger partial charge in [0.15, 0.2) is 0 Å². The maximum Gasteiger partial charge on any atom is 0.410 e. The highest BCUT2D eigenvalue weighted by Crippen LogP contribution is 2.59. The van der Waals surface area contributed by atoms with E-state index in [1.807, 2.05) is 31.7 Å². The van der Waals surface area contributed by atoms with Crippen LogP contribution in [0.1, 0.15) is 58.6 Å². The van der Waals surface area contributed by atoms with E-state index in [2.05, 4.69) is 39.7 Å². The van der Waals surface area contributed by atoms with Crippen LogP contribution in [-0.2, 0) is 10.2 Å². The van der Waals surface area contributed by atoms with Crippen LogP contribution in [0.2, 0.25) is 0 Å². The van der Waals surface area contributed by atoms with Gasteiger partial charge in [-0.05, 0) is 59.6 Å². The van der Waals surface area contributed by atoms with Crippen molar-refractivity contribution < 1.29 is 9.53 Å². The van der Waals surface area contributed by atoms with Crippen molar-refractivity contribution in [3.8, 4) is 6.07 Å². The smallest absolute Gasteiger partial charge is 0.410 e. The van der Waals surface area contributed by atoms with E-state index >= 15 is 0 Å². The topological polar surface area (TPSA) is 98.5 Å². The maximum atomic E-state index is 12.8. The van der Waals surface area contributed by atoms with Gasteiger partial charge in [-0.15, -0.1) is 0 Å². The molecule has 34 heavy (non-hydrogen) atoms. The molecule has 1 aliphatic carbocycles. The summed E-state index contributed by atoms with van der Waals surface area (Å²) in [4.78, 5) is 33.0. The van der Waals surface area contributed by atoms with Crippen LogP contribution in [0.4, 0.5) is 22.2 Å². The zero-order valence-electron chi connectivity index (χ0n) is 20.4. The number of hydrogen-bond acceptors (Lipinski definition) is 8. The van der Waals surface area contributed by atoms with Crippen molar-refractivity contribution in [3.05, 3.63) is 35.8 Å². The van der Waals surface area contributed by atoms with Gasteiger partial charge in [0.1, 0.15) is 29.4 Å². The average Bonchev–Trinajstić information content (AvgIpc) is 3.49. The Kier molecular flexibility index (Phi) is 5.15. The van der Waals surface area contributed by atoms with Crippen molar-refractivity contribution in [2.24, 2.45) is 0 Å². The van der Waals surface area contributed by atoms with E-state index in [0.717, 1.165) is 36.8 Å². The number of carbonyl (C=O) groups is 1. The molecule has 0 aromatic carbocycles. The molecule has 4 heterocycles. The lowest BCUT2D eigenvalue weighted by molar-refractivity contribution is 0.0129. The van der Waals surface area contributed by atoms with E-state index in [-0.39, 0.29) is 23.6 Å². The number of carbonyl (C=O) groups excluding carboxylic acids is 1. The van der Waals surface area contributed by atoms with Crippen molar-refractivity contribution in [3.63, 3.8) is 0 Å². The summed E-state index contributed by atoms with van der Waals surface area (Å²) in [5.74, 6) is 2.56. The SMILES string of the molecule is C[C@H]1CN(c2ncnc3c2C2(CC2)CN3c2cc(C#N)ccn2)[C@@H](C)CN1C(=O)OC(C)(C)C. The summed E-state index contributed by atoms with van der Waals surface area (Å²) in [6, 6.07) is 5.79. The Balaban J connectivity index is 1.46. The molecule has 0 N–H and O–H groups in total. The molecule has 1 saturated heterocycles. The minimum Gasteiger partial charge on any atom is -0.444 e. The number of nitriles is 1. The first-order valence-electron chi connectivity index (χ1n) is 11.9. The van der Waals surface area contributed by atoms with Crippen LogP contribution in [0.25, 0.3) is 0 Å². The molecule has 9 heteroatoms. The maximum absolute atomic E-state index is 12.8. The first kappa shape index (κ1) is 22.4. The third-order valence-corrected chi connectivity index (χ3v) is 6.94. The zero-order valence-corrected chi connectivity index (χ0v) is 20.4. The quantitative estimate of drug-likeness (QED) is 0.667. The number of pyridine rings is 1. The van der Waals surface area contributed by atoms with Crippen molar-refractivity contribution in [1.29, 1.82) is 5.26 Å². The second kappa shape index (κ2) is 7.83. The Bertz CT molecular complexity index is 1160. The van der Waals surface area contributed by atoms with Crippen LogP contribution < -0.4 is 9.80 Å². The first-order chi connectivity index (χ1) is 16.1. The van der Waals surface area contributed by atoms with Gasteiger partial charge in [-0.25, -0.2) is 19.7 Å². The van der Waals surface area contributed by atoms with Crippen LogP contribution >= 0.6 is 0 Å². The highest BCUT2D eigenvalue weighted by Gasteiger charge is 2.56. The number of piperazine rings is 1. The van der Waals surface area contributed by atoms with Gasteiger partial charge in [0.05, 0.1) is 11.6 Å². The zero-order chi connectivity index (χ0) is 24.3. The molecule has 0 bridgehead atoms. The molecule has 2 fully saturated rings. The van der Waals surface area contributed by atoms with Gasteiger partial charge >= 0.3 is 6.09 Å². The lowest BCUT2D eigenvalue weighted by Crippen LogP contribution is -2.59. The van der Waals surface area contributed by atoms with Crippen LogP contribution in [0.15, 0.2) is 24.7 Å². The van der Waals surface area contributed by atoms with E-state index < -0.39 is 5.60 Å². The fourth-order valence-electron chi connectivity index (χ4n) is 5.10. The minimum absolute atomic E-state index is 0.0154. The standard InChI is InChI=1S/C25H31N7O2/c1-16-13-31(23(33)34-24(3,4)5)17(2)12-30(16)21-20-22(29-15-28-21)32(14-25(20)7-8-25)19-10-18(11-26)6-9-27-19/h6,9-10,15-17H,7-8,12-14H2,1-5H3/t16-,17-/m0/s1. The van der Waals surface area contributed by atoms with E-state index in [9.17, 15) is 10.1 Å². The number of rotatable bonds is 2. The van der Waals surface area contributed by atoms with Gasteiger partial charge in [-0.3, -0.25) is 0 Å². The lowest BCUT2D eigenvalue weighted by Gasteiger charge is -2.45. The van der Waals surface area contributed by atoms with E-state index in [1.54, 1.807) is 18.6 Å². The van der Waals surface area contributed by atoms with E-state index in [1.165, 1.54) is 5.56 Å². The van der Waals surface area contributed by atoms with Gasteiger partial charge < -0.3 is 19.4 Å². The predicted octanol–water partition coefficient (Wildman–Crippen LogP) is 3.76. The van der Waals surface area contributed by atoms with Crippen molar-refractivity contribution in [2.75, 3.05) is 29.4 Å². The van der Waals surface area contributed by atoms with Crippen LogP contribution in [0, 0.1) is 11.3 Å². The van der Waals surface area contributed by atoms with E-state index in [0.29, 0.717) is 18.7 Å². The molecule has 1 spiro atoms. The highest BCUT2D eigenvalue weighted by atomic mass is 16.6. The summed E-state index contributed by atoms with van der Waals surface area (Å²) in [5.41, 5.74) is 1.24. The normalized spacial score (nSPS) is 23.0. The van der Waals surface area contributed by atoms with Gasteiger partial charge in [-0.2, -0.15) is 5.26 Å². The van der Waals surface area contributed by atoms with Crippen LogP contribution in [0.3, 0.4) is 0 Å². The molecule has 5 rings (SSSR count). The fraction of sp³-hybridized carbons (Fsp3) is 0.560. The monoisotopic (exact) mass is 461 g/mol. The fourth-order valence-corrected chi connectivity index (χ4v) is 5.10. The first-order valence-corrected chi connectivity index (χ1v) is 11.9. The number of hydrogen-bond donors (Lipinski definition) is 0. The Morgan fingerprint density at radius 2 is 1.88 bits per heavy atom. The molecule has 9 nitrogen and oxygen atoms in total. The van der Waals surface area contributed by atoms with Crippen LogP contribution in [0.5, 0.6) is 0 Å². The number of anilines is 3. The largest absolute Gasteiger partial charge is 0.444 e. The summed E-state index contributed by atoms with van der Waals surface area (Å²) in [5, 5.41) is 9.34. The number of nitrogens with zero attached hydrogens (tertiary/aromatic N) is 7. The van der Waals surface area contributed by atoms with Crippen LogP contribution in [-0.4, -0.2) is 63.3 Å². The molecular weight excluding hydrogens is 430 g/mol. The molecule has 0 unspecified atom stereocenters. The third kappa shape index (κ3) is 3.81. The molecule has 2 aromatic heterocycles. The molecular formula is C25H31N7O2. The molecule has 0 radical (unpaired) electrons. The third-order valence-electron chi connectivity index (χ3n) is 6.94. The van der Waals surface area contributed by atoms with Gasteiger partial charge in [0.25, 0.3) is 0 Å². The molecule has 1 amide bonds. The summed E-state index contributed by atoms with van der Waals surface area (Å²) in [7, 11) is 0. The Morgan fingerprint density at radius 1 is 1.15 bits per heavy atom. The number of aromatic nitrogens is 3. The molecule has 2 aliphatic heterocycles. The Hall–Kier alpha value is -3.41. The summed E-state index contributed by atoms with van der Waals surface area (Å²) in [6.45, 7) is 11.9. The molecule has 178 valence electrons. The summed E-state index contributed by atoms with van der Waals surface area (Å²) < 4.78 is 5.64. The van der Waals surface area contributed by atoms with Crippen molar-refractivity contribution in [2.45, 2.75) is 70.6 Å². The lowest BCUT2D eigenvalue weighted by atomic mass is 9.98. The Labute approximate surface area is 200 Å². The number of fused-ring (bicyclic) bond motifs is 2. The second-order valence-corrected chi connectivity index (χ2v) is 10.8. The second-order valence-electron chi connectivity index (χ2n) is 10.8. The van der Waals surface area contributed by atoms with Gasteiger partial charge in [-0.1, -0.05) is 0 Å². The van der Waals surface area contributed by atoms with Crippen molar-refractivity contribution >= 4 is 23.5 Å². The number of amides is 1. The molecule has 1 saturated carbocycles. The highest BCUT2D eigenvalue weighted by molar-refractivity contribution is 5.76. The molecule has 2 atom stereocenters. The predicted molar refractivity (Wildman–Crippen MR) is 128 cm³/mol. The minimum atomic E-state index is -0.524. The Morgan fingerprint density at radius 3 is 2.56 bits per heavy atom. The number of ether oxygens (including phenoxy) is 1. The van der Waals surface area contributed by atoms with Gasteiger partial charge in [0, 0.05) is 48.9 Å².